The van der Waals surface area contributed by atoms with Crippen LogP contribution in [0.3, 0.4) is 0 Å². The van der Waals surface area contributed by atoms with Gasteiger partial charge in [0, 0.05) is 6.92 Å². The molecule has 1 atom stereocenters. The minimum atomic E-state index is -0.412. The molecule has 0 saturated heterocycles. The molecule has 7 nitrogen and oxygen atoms in total. The fourth-order valence-corrected chi connectivity index (χ4v) is 3.39. The van der Waals surface area contributed by atoms with Gasteiger partial charge in [-0.05, 0) is 30.6 Å². The van der Waals surface area contributed by atoms with Crippen molar-refractivity contribution in [2.45, 2.75) is 77.2 Å². The third-order valence-electron chi connectivity index (χ3n) is 4.63. The summed E-state index contributed by atoms with van der Waals surface area (Å²) in [7, 11) is 0. The molecule has 1 aromatic rings. The molecule has 0 spiro atoms. The Balaban J connectivity index is 2.28. The summed E-state index contributed by atoms with van der Waals surface area (Å²) in [6.45, 7) is 1.76. The van der Waals surface area contributed by atoms with Crippen LogP contribution in [-0.4, -0.2) is 25.4 Å². The van der Waals surface area contributed by atoms with Crippen LogP contribution in [0.1, 0.15) is 76.1 Å². The van der Waals surface area contributed by atoms with E-state index in [2.05, 4.69) is 10.1 Å². The molecule has 1 aliphatic rings. The van der Waals surface area contributed by atoms with Gasteiger partial charge in [-0.2, -0.15) is 0 Å². The highest BCUT2D eigenvalue weighted by Crippen LogP contribution is 2.29. The van der Waals surface area contributed by atoms with Crippen molar-refractivity contribution in [1.82, 2.24) is 9.55 Å². The van der Waals surface area contributed by atoms with Crippen LogP contribution in [0.15, 0.2) is 11.4 Å². The summed E-state index contributed by atoms with van der Waals surface area (Å²) < 4.78 is 1.63. The quantitative estimate of drug-likeness (QED) is 0.496. The minimum absolute atomic E-state index is 0.0271. The van der Waals surface area contributed by atoms with Gasteiger partial charge < -0.3 is 15.3 Å². The van der Waals surface area contributed by atoms with Crippen molar-refractivity contribution < 1.29 is 10.1 Å². The molecular formula is C16H26N4O3. The van der Waals surface area contributed by atoms with Gasteiger partial charge in [0.2, 0.25) is 0 Å². The zero-order valence-corrected chi connectivity index (χ0v) is 13.8. The van der Waals surface area contributed by atoms with Crippen molar-refractivity contribution in [2.24, 2.45) is 5.16 Å². The second-order valence-electron chi connectivity index (χ2n) is 6.26. The van der Waals surface area contributed by atoms with Crippen molar-refractivity contribution in [3.05, 3.63) is 22.1 Å². The molecular weight excluding hydrogens is 296 g/mol. The Morgan fingerprint density at radius 3 is 2.43 bits per heavy atom. The molecule has 1 aliphatic carbocycles. The van der Waals surface area contributed by atoms with Gasteiger partial charge in [-0.25, -0.2) is 9.55 Å². The fraction of sp³-hybridized carbons (Fsp3) is 0.750. The third-order valence-corrected chi connectivity index (χ3v) is 4.63. The van der Waals surface area contributed by atoms with Gasteiger partial charge in [0.15, 0.2) is 5.82 Å². The summed E-state index contributed by atoms with van der Waals surface area (Å²) in [6, 6.07) is -0.276. The van der Waals surface area contributed by atoms with Gasteiger partial charge in [-0.15, -0.1) is 0 Å². The summed E-state index contributed by atoms with van der Waals surface area (Å²) in [6.07, 6.45) is 11.8. The van der Waals surface area contributed by atoms with E-state index in [1.165, 1.54) is 31.9 Å². The molecule has 128 valence electrons. The Labute approximate surface area is 136 Å². The second kappa shape index (κ2) is 8.64. The van der Waals surface area contributed by atoms with Crippen LogP contribution in [0, 0.1) is 17.0 Å². The van der Waals surface area contributed by atoms with Crippen LogP contribution in [0.4, 0.5) is 5.82 Å². The predicted molar refractivity (Wildman–Crippen MR) is 88.0 cm³/mol. The van der Waals surface area contributed by atoms with E-state index in [9.17, 15) is 15.3 Å². The molecule has 1 aromatic heterocycles. The highest BCUT2D eigenvalue weighted by molar-refractivity contribution is 5.88. The summed E-state index contributed by atoms with van der Waals surface area (Å²) in [5.74, 6) is 0.565. The molecule has 1 unspecified atom stereocenters. The zero-order valence-electron chi connectivity index (χ0n) is 13.8. The highest BCUT2D eigenvalue weighted by atomic mass is 16.6. The molecule has 0 aliphatic heterocycles. The summed E-state index contributed by atoms with van der Waals surface area (Å²) in [5.41, 5.74) is 0.634. The van der Waals surface area contributed by atoms with Gasteiger partial charge in [0.05, 0.1) is 0 Å². The maximum Gasteiger partial charge on any atom is 0.343 e. The Bertz CT molecular complexity index is 554. The SMILES string of the molecule is Cc1ncc([N+](=O)[O-])n1C1CCCCCCCCCCC1=NO. The molecule has 0 radical (unpaired) electrons. The first-order valence-corrected chi connectivity index (χ1v) is 8.54. The van der Waals surface area contributed by atoms with Crippen LogP contribution in [-0.2, 0) is 0 Å². The van der Waals surface area contributed by atoms with Gasteiger partial charge in [-0.1, -0.05) is 43.7 Å². The van der Waals surface area contributed by atoms with E-state index in [1.807, 2.05) is 0 Å². The zero-order chi connectivity index (χ0) is 16.7. The average Bonchev–Trinajstić information content (AvgIpc) is 2.90. The lowest BCUT2D eigenvalue weighted by Crippen LogP contribution is -2.22. The van der Waals surface area contributed by atoms with Gasteiger partial charge in [0.1, 0.15) is 18.0 Å². The standard InChI is InChI=1S/C16H26N4O3/c1-13-17-12-16(20(22)23)19(13)15-11-9-7-5-3-2-4-6-8-10-14(15)18-21/h12,15,21H,2-11H2,1H3. The van der Waals surface area contributed by atoms with Gasteiger partial charge >= 0.3 is 5.82 Å². The molecule has 7 heteroatoms. The number of rotatable bonds is 2. The molecule has 0 aromatic carbocycles. The normalized spacial score (nSPS) is 23.2. The van der Waals surface area contributed by atoms with E-state index in [0.29, 0.717) is 18.0 Å². The lowest BCUT2D eigenvalue weighted by atomic mass is 9.96. The molecule has 0 bridgehead atoms. The van der Waals surface area contributed by atoms with Crippen LogP contribution < -0.4 is 0 Å². The summed E-state index contributed by atoms with van der Waals surface area (Å²) in [4.78, 5) is 15.0. The Kier molecular flexibility index (Phi) is 6.55. The predicted octanol–water partition coefficient (Wildman–Crippen LogP) is 4.39. The lowest BCUT2D eigenvalue weighted by molar-refractivity contribution is -0.392. The van der Waals surface area contributed by atoms with Crippen molar-refractivity contribution in [3.8, 4) is 0 Å². The van der Waals surface area contributed by atoms with Crippen LogP contribution in [0.2, 0.25) is 0 Å². The van der Waals surface area contributed by atoms with E-state index >= 15 is 0 Å². The number of oxime groups is 1. The largest absolute Gasteiger partial charge is 0.411 e. The van der Waals surface area contributed by atoms with Crippen molar-refractivity contribution in [1.29, 1.82) is 0 Å². The smallest absolute Gasteiger partial charge is 0.343 e. The van der Waals surface area contributed by atoms with Crippen LogP contribution >= 0.6 is 0 Å². The maximum absolute atomic E-state index is 11.3. The number of hydrogen-bond donors (Lipinski definition) is 1. The average molecular weight is 322 g/mol. The van der Waals surface area contributed by atoms with E-state index in [1.54, 1.807) is 11.5 Å². The first kappa shape index (κ1) is 17.4. The molecule has 1 saturated carbocycles. The molecule has 2 rings (SSSR count). The van der Waals surface area contributed by atoms with Gasteiger partial charge in [-0.3, -0.25) is 0 Å². The number of nitrogens with zero attached hydrogens (tertiary/aromatic N) is 4. The summed E-state index contributed by atoms with van der Waals surface area (Å²) in [5, 5.41) is 24.3. The van der Waals surface area contributed by atoms with E-state index < -0.39 is 4.92 Å². The molecule has 1 fully saturated rings. The number of nitro groups is 1. The summed E-state index contributed by atoms with van der Waals surface area (Å²) >= 11 is 0. The lowest BCUT2D eigenvalue weighted by Gasteiger charge is -2.18. The van der Waals surface area contributed by atoms with Crippen LogP contribution in [0.25, 0.3) is 0 Å². The topological polar surface area (TPSA) is 93.5 Å². The Morgan fingerprint density at radius 1 is 1.22 bits per heavy atom. The van der Waals surface area contributed by atoms with Crippen molar-refractivity contribution in [3.63, 3.8) is 0 Å². The van der Waals surface area contributed by atoms with Gasteiger partial charge in [0.25, 0.3) is 0 Å². The molecule has 23 heavy (non-hydrogen) atoms. The van der Waals surface area contributed by atoms with E-state index in [-0.39, 0.29) is 11.9 Å². The fourth-order valence-electron chi connectivity index (χ4n) is 3.39. The first-order chi connectivity index (χ1) is 11.1. The van der Waals surface area contributed by atoms with E-state index in [4.69, 9.17) is 0 Å². The molecule has 1 heterocycles. The Hall–Kier alpha value is -1.92. The monoisotopic (exact) mass is 322 g/mol. The van der Waals surface area contributed by atoms with Crippen molar-refractivity contribution >= 4 is 11.5 Å². The first-order valence-electron chi connectivity index (χ1n) is 8.54. The highest BCUT2D eigenvalue weighted by Gasteiger charge is 2.30. The van der Waals surface area contributed by atoms with Crippen molar-refractivity contribution in [2.75, 3.05) is 0 Å². The second-order valence-corrected chi connectivity index (χ2v) is 6.26. The minimum Gasteiger partial charge on any atom is -0.411 e. The Morgan fingerprint density at radius 2 is 1.83 bits per heavy atom. The van der Waals surface area contributed by atoms with Crippen LogP contribution in [0.5, 0.6) is 0 Å². The number of aryl methyl sites for hydroxylation is 1. The maximum atomic E-state index is 11.3. The third kappa shape index (κ3) is 4.53. The van der Waals surface area contributed by atoms with E-state index in [0.717, 1.165) is 32.1 Å². The number of hydrogen-bond acceptors (Lipinski definition) is 5. The molecule has 1 N–H and O–H groups in total. The number of aromatic nitrogens is 2. The number of imidazole rings is 1. The molecule has 0 amide bonds.